The van der Waals surface area contributed by atoms with Gasteiger partial charge in [-0.3, -0.25) is 14.9 Å². The summed E-state index contributed by atoms with van der Waals surface area (Å²) in [5.74, 6) is 0.294. The number of primary amides is 1. The fourth-order valence-corrected chi connectivity index (χ4v) is 4.88. The second-order valence-electron chi connectivity index (χ2n) is 9.13. The molecule has 0 saturated carbocycles. The zero-order valence-electron chi connectivity index (χ0n) is 20.7. The summed E-state index contributed by atoms with van der Waals surface area (Å²) in [7, 11) is 0. The number of morpholine rings is 1. The third-order valence-corrected chi connectivity index (χ3v) is 6.71. The van der Waals surface area contributed by atoms with Gasteiger partial charge in [-0.2, -0.15) is 15.3 Å². The predicted octanol–water partition coefficient (Wildman–Crippen LogP) is 2.31. The van der Waals surface area contributed by atoms with Crippen LogP contribution in [-0.4, -0.2) is 71.3 Å². The first-order valence-electron chi connectivity index (χ1n) is 12.0. The van der Waals surface area contributed by atoms with Gasteiger partial charge < -0.3 is 15.4 Å². The monoisotopic (exact) mass is 498 g/mol. The highest BCUT2D eigenvalue weighted by Crippen LogP contribution is 2.34. The lowest BCUT2D eigenvalue weighted by molar-refractivity contribution is 0.0985. The summed E-state index contributed by atoms with van der Waals surface area (Å²) in [6.45, 7) is 8.07. The third kappa shape index (κ3) is 3.82. The molecule has 0 spiro atoms. The number of hydrogen-bond acceptors (Lipinski definition) is 8. The molecule has 5 aromatic heterocycles. The summed E-state index contributed by atoms with van der Waals surface area (Å²) < 4.78 is 9.28. The van der Waals surface area contributed by atoms with Crippen molar-refractivity contribution in [2.24, 2.45) is 5.73 Å². The molecule has 1 amide bonds. The minimum atomic E-state index is -0.543. The van der Waals surface area contributed by atoms with E-state index < -0.39 is 5.91 Å². The largest absolute Gasteiger partial charge is 0.377 e. The van der Waals surface area contributed by atoms with E-state index in [0.717, 1.165) is 46.3 Å². The van der Waals surface area contributed by atoms with E-state index in [1.54, 1.807) is 29.3 Å². The molecule has 0 bridgehead atoms. The lowest BCUT2D eigenvalue weighted by Gasteiger charge is -2.34. The van der Waals surface area contributed by atoms with Gasteiger partial charge in [0.25, 0.3) is 0 Å². The number of rotatable bonds is 5. The van der Waals surface area contributed by atoms with E-state index in [9.17, 15) is 4.79 Å². The number of aromatic nitrogens is 8. The Hall–Kier alpha value is -4.58. The van der Waals surface area contributed by atoms with E-state index in [4.69, 9.17) is 25.7 Å². The van der Waals surface area contributed by atoms with Gasteiger partial charge in [-0.25, -0.2) is 14.2 Å². The van der Waals surface area contributed by atoms with Crippen LogP contribution < -0.4 is 10.6 Å². The fourth-order valence-electron chi connectivity index (χ4n) is 4.88. The zero-order valence-corrected chi connectivity index (χ0v) is 20.7. The lowest BCUT2D eigenvalue weighted by atomic mass is 10.1. The molecule has 6 rings (SSSR count). The molecule has 1 atom stereocenters. The molecule has 0 aromatic carbocycles. The molecule has 1 aliphatic heterocycles. The van der Waals surface area contributed by atoms with Gasteiger partial charge in [-0.1, -0.05) is 0 Å². The normalized spacial score (nSPS) is 16.0. The summed E-state index contributed by atoms with van der Waals surface area (Å²) >= 11 is 0. The van der Waals surface area contributed by atoms with Gasteiger partial charge in [-0.15, -0.1) is 0 Å². The quantitative estimate of drug-likeness (QED) is 0.375. The van der Waals surface area contributed by atoms with Crippen LogP contribution in [0.25, 0.3) is 33.8 Å². The van der Waals surface area contributed by atoms with Crippen LogP contribution in [0.5, 0.6) is 0 Å². The molecular weight excluding hydrogens is 472 g/mol. The Morgan fingerprint density at radius 2 is 2.08 bits per heavy atom. The number of nitrogens with zero attached hydrogens (tertiary/aromatic N) is 8. The molecule has 0 unspecified atom stereocenters. The van der Waals surface area contributed by atoms with Crippen molar-refractivity contribution in [2.45, 2.75) is 26.8 Å². The molecular formula is C25H26N10O2. The van der Waals surface area contributed by atoms with Crippen molar-refractivity contribution >= 4 is 17.4 Å². The summed E-state index contributed by atoms with van der Waals surface area (Å²) in [4.78, 5) is 23.2. The maximum Gasteiger partial charge on any atom is 0.250 e. The molecule has 0 radical (unpaired) electrons. The molecule has 12 nitrogen and oxygen atoms in total. The summed E-state index contributed by atoms with van der Waals surface area (Å²) in [6.07, 6.45) is 6.60. The van der Waals surface area contributed by atoms with Crippen LogP contribution >= 0.6 is 0 Å². The van der Waals surface area contributed by atoms with Gasteiger partial charge in [0.15, 0.2) is 5.65 Å². The van der Waals surface area contributed by atoms with Crippen LogP contribution in [0.15, 0.2) is 43.0 Å². The molecule has 5 aromatic rings. The van der Waals surface area contributed by atoms with Gasteiger partial charge in [0.05, 0.1) is 71.2 Å². The van der Waals surface area contributed by atoms with Crippen molar-refractivity contribution in [3.63, 3.8) is 0 Å². The summed E-state index contributed by atoms with van der Waals surface area (Å²) in [5, 5.41) is 16.6. The van der Waals surface area contributed by atoms with E-state index >= 15 is 0 Å². The molecule has 188 valence electrons. The average molecular weight is 499 g/mol. The van der Waals surface area contributed by atoms with Gasteiger partial charge in [0.1, 0.15) is 5.82 Å². The minimum absolute atomic E-state index is 0.169. The van der Waals surface area contributed by atoms with E-state index in [0.29, 0.717) is 30.1 Å². The van der Waals surface area contributed by atoms with Crippen LogP contribution in [0.1, 0.15) is 28.7 Å². The van der Waals surface area contributed by atoms with Crippen LogP contribution in [0, 0.1) is 13.8 Å². The van der Waals surface area contributed by atoms with E-state index in [1.165, 1.54) is 6.20 Å². The zero-order chi connectivity index (χ0) is 25.7. The average Bonchev–Trinajstić information content (AvgIpc) is 3.63. The van der Waals surface area contributed by atoms with E-state index in [-0.39, 0.29) is 6.04 Å². The van der Waals surface area contributed by atoms with Crippen LogP contribution in [0.2, 0.25) is 0 Å². The highest BCUT2D eigenvalue weighted by Gasteiger charge is 2.26. The second-order valence-corrected chi connectivity index (χ2v) is 9.13. The van der Waals surface area contributed by atoms with Crippen LogP contribution in [0.4, 0.5) is 5.82 Å². The lowest BCUT2D eigenvalue weighted by Crippen LogP contribution is -2.44. The molecule has 3 N–H and O–H groups in total. The first-order valence-corrected chi connectivity index (χ1v) is 12.0. The van der Waals surface area contributed by atoms with Gasteiger partial charge in [-0.05, 0) is 32.9 Å². The maximum atomic E-state index is 11.7. The third-order valence-electron chi connectivity index (χ3n) is 6.71. The van der Waals surface area contributed by atoms with E-state index in [1.807, 2.05) is 24.4 Å². The standard InChI is InChI=1S/C25H26N10O2/c1-14-13-37-7-6-33(14)22-9-21(35-25(30-22)19(12-29-35)20-4-5-28-31-20)23-15(2)32-34(16(23)3)18-8-17(24(26)36)10-27-11-18/h4-5,8-12,14H,6-7,13H2,1-3H3,(H2,26,36)(H,28,31)/t14-/m1/s1. The number of hydrogen-bond donors (Lipinski definition) is 2. The first kappa shape index (κ1) is 22.9. The number of pyridine rings is 1. The van der Waals surface area contributed by atoms with Crippen molar-refractivity contribution in [2.75, 3.05) is 24.7 Å². The molecule has 12 heteroatoms. The number of nitrogens with two attached hydrogens (primary N) is 1. The highest BCUT2D eigenvalue weighted by molar-refractivity contribution is 5.93. The summed E-state index contributed by atoms with van der Waals surface area (Å²) in [6, 6.07) is 5.81. The number of anilines is 1. The Bertz CT molecular complexity index is 1620. The molecule has 1 aliphatic rings. The molecule has 0 aliphatic carbocycles. The number of aromatic amines is 1. The van der Waals surface area contributed by atoms with Gasteiger partial charge in [0, 0.05) is 30.6 Å². The van der Waals surface area contributed by atoms with Crippen molar-refractivity contribution in [1.82, 2.24) is 39.6 Å². The Morgan fingerprint density at radius 1 is 1.22 bits per heavy atom. The molecule has 1 saturated heterocycles. The van der Waals surface area contributed by atoms with Crippen molar-refractivity contribution in [3.8, 4) is 28.2 Å². The number of nitrogens with one attached hydrogen (secondary N) is 1. The number of fused-ring (bicyclic) bond motifs is 1. The first-order chi connectivity index (χ1) is 17.9. The van der Waals surface area contributed by atoms with Crippen LogP contribution in [0.3, 0.4) is 0 Å². The molecule has 1 fully saturated rings. The Morgan fingerprint density at radius 3 is 2.84 bits per heavy atom. The van der Waals surface area contributed by atoms with Gasteiger partial charge >= 0.3 is 0 Å². The summed E-state index contributed by atoms with van der Waals surface area (Å²) in [5.41, 5.74) is 12.3. The topological polar surface area (TPSA) is 145 Å². The van der Waals surface area contributed by atoms with Gasteiger partial charge in [0.2, 0.25) is 5.91 Å². The molecule has 37 heavy (non-hydrogen) atoms. The Kier molecular flexibility index (Phi) is 5.45. The predicted molar refractivity (Wildman–Crippen MR) is 137 cm³/mol. The minimum Gasteiger partial charge on any atom is -0.377 e. The number of amides is 1. The van der Waals surface area contributed by atoms with Crippen molar-refractivity contribution in [3.05, 3.63) is 59.9 Å². The number of carbonyl (C=O) groups is 1. The van der Waals surface area contributed by atoms with E-state index in [2.05, 4.69) is 33.1 Å². The SMILES string of the molecule is Cc1nn(-c2cncc(C(N)=O)c2)c(C)c1-c1cc(N2CCOC[C@H]2C)nc2c(-c3ccn[nH]3)cnn12. The number of H-pyrrole nitrogens is 1. The fraction of sp³-hybridized carbons (Fsp3) is 0.280. The number of aryl methyl sites for hydroxylation is 1. The Balaban J connectivity index is 1.57. The maximum absolute atomic E-state index is 11.7. The van der Waals surface area contributed by atoms with Crippen molar-refractivity contribution in [1.29, 1.82) is 0 Å². The van der Waals surface area contributed by atoms with Crippen LogP contribution in [-0.2, 0) is 4.74 Å². The number of carbonyl (C=O) groups excluding carboxylic acids is 1. The van der Waals surface area contributed by atoms with Crippen molar-refractivity contribution < 1.29 is 9.53 Å². The molecule has 6 heterocycles. The highest BCUT2D eigenvalue weighted by atomic mass is 16.5. The smallest absolute Gasteiger partial charge is 0.250 e. The second kappa shape index (κ2) is 8.82. The Labute approximate surface area is 212 Å². The number of ether oxygens (including phenoxy) is 1.